The summed E-state index contributed by atoms with van der Waals surface area (Å²) in [6, 6.07) is 0. The lowest BCUT2D eigenvalue weighted by atomic mass is 9.45. The molecule has 0 radical (unpaired) electrons. The molecule has 0 bridgehead atoms. The van der Waals surface area contributed by atoms with E-state index in [9.17, 15) is 38.7 Å². The number of nitrogens with one attached hydrogen (secondary N) is 4. The number of allylic oxidation sites excluding steroid dienone is 4. The van der Waals surface area contributed by atoms with Crippen LogP contribution < -0.4 is 21.3 Å². The molecule has 0 aromatic rings. The van der Waals surface area contributed by atoms with Gasteiger partial charge in [0.2, 0.25) is 29.4 Å². The van der Waals surface area contributed by atoms with Gasteiger partial charge in [-0.15, -0.1) is 11.6 Å². The molecule has 1 unspecified atom stereocenters. The Balaban J connectivity index is 1.39. The first kappa shape index (κ1) is 39.6. The minimum atomic E-state index is -1.64. The fourth-order valence-electron chi connectivity index (χ4n) is 8.80. The Kier molecular flexibility index (Phi) is 12.4. The number of rotatable bonds is 14. The summed E-state index contributed by atoms with van der Waals surface area (Å²) in [7, 11) is 0. The maximum absolute atomic E-state index is 14.2. The molecule has 4 rings (SSSR count). The van der Waals surface area contributed by atoms with Gasteiger partial charge in [-0.05, 0) is 49.7 Å². The summed E-state index contributed by atoms with van der Waals surface area (Å²) in [5.41, 5.74) is -2.56. The molecule has 276 valence electrons. The lowest BCUT2D eigenvalue weighted by Gasteiger charge is -2.64. The molecular formula is C34H46BrClN4O10. The SMILES string of the molecule is CCC(=O)O[C@]1(C(=O)COCNC(=O)CNC(=O)CNC(=O)CNC(=O)CBr)[C@@H](C)CC2[C@@H]3CCC4=CC(=O)C=C[C@]4(C)[C@@]3(Cl)[C@@H](O)C[C@@]21C. The number of esters is 1. The number of Topliss-reactive ketones (excluding diaryl/α,β-unsaturated/α-hetero) is 1. The van der Waals surface area contributed by atoms with E-state index < -0.39 is 88.4 Å². The summed E-state index contributed by atoms with van der Waals surface area (Å²) in [6.07, 6.45) is 5.58. The van der Waals surface area contributed by atoms with Gasteiger partial charge in [-0.2, -0.15) is 0 Å². The minimum Gasteiger partial charge on any atom is -0.450 e. The van der Waals surface area contributed by atoms with Crippen molar-refractivity contribution >= 4 is 68.7 Å². The third kappa shape index (κ3) is 7.15. The molecule has 0 heterocycles. The molecule has 16 heteroatoms. The highest BCUT2D eigenvalue weighted by atomic mass is 79.9. The predicted octanol–water partition coefficient (Wildman–Crippen LogP) is 0.967. The van der Waals surface area contributed by atoms with Gasteiger partial charge in [-0.3, -0.25) is 33.6 Å². The summed E-state index contributed by atoms with van der Waals surface area (Å²) in [5, 5.41) is 21.4. The number of aliphatic hydroxyl groups excluding tert-OH is 1. The molecule has 0 aromatic heterocycles. The highest BCUT2D eigenvalue weighted by Gasteiger charge is 2.76. The van der Waals surface area contributed by atoms with Gasteiger partial charge < -0.3 is 35.8 Å². The summed E-state index contributed by atoms with van der Waals surface area (Å²) < 4.78 is 11.7. The molecule has 8 atom stereocenters. The van der Waals surface area contributed by atoms with E-state index >= 15 is 0 Å². The molecule has 0 aromatic carbocycles. The van der Waals surface area contributed by atoms with E-state index in [1.165, 1.54) is 6.08 Å². The molecule has 3 saturated carbocycles. The largest absolute Gasteiger partial charge is 0.450 e. The van der Waals surface area contributed by atoms with Gasteiger partial charge >= 0.3 is 5.97 Å². The molecule has 0 aliphatic heterocycles. The van der Waals surface area contributed by atoms with Crippen LogP contribution in [0.1, 0.15) is 59.8 Å². The number of halogens is 2. The maximum Gasteiger partial charge on any atom is 0.306 e. The van der Waals surface area contributed by atoms with Crippen LogP contribution in [-0.2, 0) is 43.0 Å². The first-order valence-electron chi connectivity index (χ1n) is 16.8. The average Bonchev–Trinajstić information content (AvgIpc) is 3.29. The van der Waals surface area contributed by atoms with Crippen molar-refractivity contribution < 1.29 is 48.1 Å². The number of fused-ring (bicyclic) bond motifs is 5. The van der Waals surface area contributed by atoms with Gasteiger partial charge in [-0.1, -0.05) is 55.3 Å². The van der Waals surface area contributed by atoms with Crippen molar-refractivity contribution in [2.24, 2.45) is 28.6 Å². The van der Waals surface area contributed by atoms with Crippen molar-refractivity contribution in [2.75, 3.05) is 38.3 Å². The minimum absolute atomic E-state index is 0.0268. The van der Waals surface area contributed by atoms with Gasteiger partial charge in [0, 0.05) is 23.2 Å². The van der Waals surface area contributed by atoms with Crippen molar-refractivity contribution in [3.05, 3.63) is 23.8 Å². The second kappa shape index (κ2) is 15.6. The number of ether oxygens (including phenoxy) is 2. The van der Waals surface area contributed by atoms with Crippen molar-refractivity contribution in [1.29, 1.82) is 0 Å². The van der Waals surface area contributed by atoms with Crippen LogP contribution in [0.2, 0.25) is 0 Å². The molecular weight excluding hydrogens is 740 g/mol. The monoisotopic (exact) mass is 784 g/mol. The average molecular weight is 786 g/mol. The number of carbonyl (C=O) groups is 7. The van der Waals surface area contributed by atoms with E-state index in [1.54, 1.807) is 19.1 Å². The molecule has 0 spiro atoms. The van der Waals surface area contributed by atoms with Crippen LogP contribution in [-0.4, -0.2) is 101 Å². The van der Waals surface area contributed by atoms with Gasteiger partial charge in [-0.25, -0.2) is 0 Å². The predicted molar refractivity (Wildman–Crippen MR) is 184 cm³/mol. The van der Waals surface area contributed by atoms with Gasteiger partial charge in [0.1, 0.15) is 13.3 Å². The number of alkyl halides is 2. The van der Waals surface area contributed by atoms with Crippen LogP contribution in [0.15, 0.2) is 23.8 Å². The standard InChI is InChI=1S/C34H46BrClN4O10/c1-5-30(48)50-34(25(43)17-49-18-40-29(47)16-39-28(46)15-38-27(45)14-37-26(44)13-35)19(2)10-23-22-7-6-20-11-21(41)8-9-31(20,3)33(22,36)24(42)12-32(23,34)4/h8-9,11,19,22-24,42H,5-7,10,12-18H2,1-4H3,(H,37,44)(H,38,45)(H,39,46)(H,40,47)/t19-,22-,23?,24-,31-,32-,33-,34-/m0/s1. The summed E-state index contributed by atoms with van der Waals surface area (Å²) in [4.78, 5) is 85.5. The quantitative estimate of drug-likeness (QED) is 0.0731. The number of carbonyl (C=O) groups excluding carboxylic acids is 7. The Bertz CT molecular complexity index is 1490. The number of ketones is 2. The third-order valence-corrected chi connectivity index (χ3v) is 12.7. The van der Waals surface area contributed by atoms with Crippen LogP contribution in [0.3, 0.4) is 0 Å². The van der Waals surface area contributed by atoms with Gasteiger partial charge in [0.05, 0.1) is 35.9 Å². The second-order valence-corrected chi connectivity index (χ2v) is 15.1. The molecule has 0 saturated heterocycles. The Labute approximate surface area is 304 Å². The second-order valence-electron chi connectivity index (χ2n) is 13.9. The third-order valence-electron chi connectivity index (χ3n) is 11.2. The van der Waals surface area contributed by atoms with Gasteiger partial charge in [0.25, 0.3) is 0 Å². The summed E-state index contributed by atoms with van der Waals surface area (Å²) in [5.74, 6) is -4.35. The van der Waals surface area contributed by atoms with Crippen molar-refractivity contribution in [3.63, 3.8) is 0 Å². The molecule has 50 heavy (non-hydrogen) atoms. The molecule has 3 fully saturated rings. The van der Waals surface area contributed by atoms with Gasteiger partial charge in [0.15, 0.2) is 11.4 Å². The van der Waals surface area contributed by atoms with Crippen molar-refractivity contribution in [2.45, 2.75) is 76.4 Å². The summed E-state index contributed by atoms with van der Waals surface area (Å²) in [6.45, 7) is 5.28. The number of hydrogen-bond donors (Lipinski definition) is 5. The smallest absolute Gasteiger partial charge is 0.306 e. The normalized spacial score (nSPS) is 33.9. The zero-order valence-corrected chi connectivity index (χ0v) is 31.0. The molecule has 4 aliphatic carbocycles. The van der Waals surface area contributed by atoms with Crippen molar-refractivity contribution in [1.82, 2.24) is 21.3 Å². The molecule has 4 amide bonds. The summed E-state index contributed by atoms with van der Waals surface area (Å²) >= 11 is 10.5. The van der Waals surface area contributed by atoms with Crippen LogP contribution in [0.25, 0.3) is 0 Å². The fourth-order valence-corrected chi connectivity index (χ4v) is 9.53. The van der Waals surface area contributed by atoms with Crippen LogP contribution >= 0.6 is 27.5 Å². The zero-order valence-electron chi connectivity index (χ0n) is 28.7. The van der Waals surface area contributed by atoms with E-state index in [-0.39, 0.29) is 49.1 Å². The Hall–Kier alpha value is -3.14. The highest BCUT2D eigenvalue weighted by Crippen LogP contribution is 2.72. The van der Waals surface area contributed by atoms with E-state index in [4.69, 9.17) is 21.1 Å². The topological polar surface area (TPSA) is 206 Å². The number of aliphatic hydroxyl groups is 1. The molecule has 14 nitrogen and oxygen atoms in total. The Morgan fingerprint density at radius 1 is 0.980 bits per heavy atom. The van der Waals surface area contributed by atoms with E-state index in [0.717, 1.165) is 5.57 Å². The first-order valence-corrected chi connectivity index (χ1v) is 18.3. The number of amides is 4. The zero-order chi connectivity index (χ0) is 37.1. The lowest BCUT2D eigenvalue weighted by Crippen LogP contribution is -2.69. The van der Waals surface area contributed by atoms with Crippen LogP contribution in [0, 0.1) is 28.6 Å². The van der Waals surface area contributed by atoms with Crippen molar-refractivity contribution in [3.8, 4) is 0 Å². The maximum atomic E-state index is 14.2. The lowest BCUT2D eigenvalue weighted by molar-refractivity contribution is -0.203. The Morgan fingerprint density at radius 2 is 1.58 bits per heavy atom. The fraction of sp³-hybridized carbons (Fsp3) is 0.676. The highest BCUT2D eigenvalue weighted by molar-refractivity contribution is 9.09. The van der Waals surface area contributed by atoms with E-state index in [0.29, 0.717) is 19.3 Å². The van der Waals surface area contributed by atoms with E-state index in [1.807, 2.05) is 20.8 Å². The number of hydrogen-bond acceptors (Lipinski definition) is 10. The van der Waals surface area contributed by atoms with E-state index in [2.05, 4.69) is 37.2 Å². The first-order chi connectivity index (χ1) is 23.5. The van der Waals surface area contributed by atoms with Crippen LogP contribution in [0.4, 0.5) is 0 Å². The molecule has 5 N–H and O–H groups in total. The van der Waals surface area contributed by atoms with Crippen LogP contribution in [0.5, 0.6) is 0 Å². The molecule has 4 aliphatic rings. The Morgan fingerprint density at radius 3 is 2.18 bits per heavy atom.